The number of guanidine groups is 1. The summed E-state index contributed by atoms with van der Waals surface area (Å²) in [5.74, 6) is 0.899. The van der Waals surface area contributed by atoms with E-state index in [0.29, 0.717) is 0 Å². The fourth-order valence-corrected chi connectivity index (χ4v) is 3.96. The van der Waals surface area contributed by atoms with Gasteiger partial charge in [-0.25, -0.2) is 4.98 Å². The van der Waals surface area contributed by atoms with Gasteiger partial charge in [-0.15, -0.1) is 11.3 Å². The van der Waals surface area contributed by atoms with Crippen LogP contribution in [0.1, 0.15) is 47.7 Å². The second-order valence-corrected chi connectivity index (χ2v) is 7.82. The molecule has 0 atom stereocenters. The molecule has 2 N–H and O–H groups in total. The molecule has 0 aliphatic carbocycles. The first-order chi connectivity index (χ1) is 11.7. The molecule has 0 aromatic carbocycles. The van der Waals surface area contributed by atoms with Crippen LogP contribution in [0.25, 0.3) is 0 Å². The number of aromatic nitrogens is 1. The van der Waals surface area contributed by atoms with Crippen LogP contribution in [0.4, 0.5) is 0 Å². The molecule has 0 amide bonds. The fraction of sp³-hybridized carbons (Fsp3) is 0.778. The lowest BCUT2D eigenvalue weighted by Crippen LogP contribution is -2.39. The highest BCUT2D eigenvalue weighted by Gasteiger charge is 2.08. The predicted molar refractivity (Wildman–Crippen MR) is 104 cm³/mol. The number of hydrogen-bond donors (Lipinski definition) is 2. The van der Waals surface area contributed by atoms with E-state index in [4.69, 9.17) is 0 Å². The molecule has 5 nitrogen and oxygen atoms in total. The number of aryl methyl sites for hydroxylation is 2. The second-order valence-electron chi connectivity index (χ2n) is 6.53. The van der Waals surface area contributed by atoms with Crippen LogP contribution >= 0.6 is 11.3 Å². The summed E-state index contributed by atoms with van der Waals surface area (Å²) in [4.78, 5) is 12.8. The molecule has 1 aliphatic heterocycles. The van der Waals surface area contributed by atoms with Crippen molar-refractivity contribution in [3.05, 3.63) is 15.6 Å². The van der Waals surface area contributed by atoms with Crippen LogP contribution in [0, 0.1) is 13.8 Å². The quantitative estimate of drug-likeness (QED) is 0.451. The summed E-state index contributed by atoms with van der Waals surface area (Å²) in [5.41, 5.74) is 1.16. The molecular formula is C18H33N5S. The molecule has 2 heterocycles. The zero-order valence-corrected chi connectivity index (χ0v) is 16.3. The van der Waals surface area contributed by atoms with Gasteiger partial charge >= 0.3 is 0 Å². The minimum Gasteiger partial charge on any atom is -0.356 e. The van der Waals surface area contributed by atoms with Gasteiger partial charge in [0.1, 0.15) is 0 Å². The summed E-state index contributed by atoms with van der Waals surface area (Å²) < 4.78 is 0. The third kappa shape index (κ3) is 6.77. The molecule has 1 aromatic heterocycles. The minimum absolute atomic E-state index is 0.873. The maximum atomic E-state index is 4.58. The standard InChI is InChI=1S/C18H33N5S/c1-15-16(2)24-17(22-15)9-11-21-18(19-3)20-10-8-14-23-12-6-4-5-7-13-23/h4-14H2,1-3H3,(H2,19,20,21). The van der Waals surface area contributed by atoms with Gasteiger partial charge in [-0.1, -0.05) is 12.8 Å². The lowest BCUT2D eigenvalue weighted by atomic mass is 10.2. The van der Waals surface area contributed by atoms with Crippen LogP contribution in [-0.4, -0.2) is 55.6 Å². The van der Waals surface area contributed by atoms with Crippen molar-refractivity contribution in [2.45, 2.75) is 52.4 Å². The molecule has 1 aromatic rings. The number of thiazole rings is 1. The van der Waals surface area contributed by atoms with Gasteiger partial charge in [0.25, 0.3) is 0 Å². The molecule has 2 rings (SSSR count). The fourth-order valence-electron chi connectivity index (χ4n) is 3.02. The predicted octanol–water partition coefficient (Wildman–Crippen LogP) is 2.73. The van der Waals surface area contributed by atoms with Gasteiger partial charge in [0.2, 0.25) is 0 Å². The molecule has 0 spiro atoms. The zero-order chi connectivity index (χ0) is 17.2. The minimum atomic E-state index is 0.873. The molecule has 0 bridgehead atoms. The first-order valence-electron chi connectivity index (χ1n) is 9.29. The van der Waals surface area contributed by atoms with E-state index in [0.717, 1.165) is 31.2 Å². The molecule has 1 aliphatic rings. The Morgan fingerprint density at radius 2 is 1.83 bits per heavy atom. The summed E-state index contributed by atoms with van der Waals surface area (Å²) in [6.07, 6.45) is 7.67. The maximum Gasteiger partial charge on any atom is 0.190 e. The van der Waals surface area contributed by atoms with Crippen LogP contribution < -0.4 is 10.6 Å². The van der Waals surface area contributed by atoms with E-state index in [1.54, 1.807) is 11.3 Å². The van der Waals surface area contributed by atoms with Crippen LogP contribution in [0.3, 0.4) is 0 Å². The van der Waals surface area contributed by atoms with Gasteiger partial charge in [-0.05, 0) is 52.7 Å². The van der Waals surface area contributed by atoms with E-state index in [1.165, 1.54) is 61.6 Å². The maximum absolute atomic E-state index is 4.58. The Labute approximate surface area is 151 Å². The molecule has 0 saturated carbocycles. The summed E-state index contributed by atoms with van der Waals surface area (Å²) in [7, 11) is 1.84. The van der Waals surface area contributed by atoms with E-state index in [9.17, 15) is 0 Å². The van der Waals surface area contributed by atoms with Crippen molar-refractivity contribution < 1.29 is 0 Å². The van der Waals surface area contributed by atoms with E-state index in [2.05, 4.69) is 39.4 Å². The zero-order valence-electron chi connectivity index (χ0n) is 15.5. The van der Waals surface area contributed by atoms with Gasteiger partial charge in [0.05, 0.1) is 10.7 Å². The molecule has 24 heavy (non-hydrogen) atoms. The highest BCUT2D eigenvalue weighted by atomic mass is 32.1. The second kappa shape index (κ2) is 10.7. The molecule has 136 valence electrons. The monoisotopic (exact) mass is 351 g/mol. The van der Waals surface area contributed by atoms with Gasteiger partial charge in [-0.2, -0.15) is 0 Å². The average molecular weight is 352 g/mol. The molecular weight excluding hydrogens is 318 g/mol. The normalized spacial score (nSPS) is 16.9. The SMILES string of the molecule is CN=C(NCCCN1CCCCCC1)NCCc1nc(C)c(C)s1. The van der Waals surface area contributed by atoms with E-state index >= 15 is 0 Å². The van der Waals surface area contributed by atoms with Crippen LogP contribution in [-0.2, 0) is 6.42 Å². The van der Waals surface area contributed by atoms with Crippen molar-refractivity contribution in [2.75, 3.05) is 39.8 Å². The lowest BCUT2D eigenvalue weighted by Gasteiger charge is -2.20. The first-order valence-corrected chi connectivity index (χ1v) is 10.1. The molecule has 0 radical (unpaired) electrons. The summed E-state index contributed by atoms with van der Waals surface area (Å²) in [5, 5.41) is 8.01. The molecule has 0 unspecified atom stereocenters. The van der Waals surface area contributed by atoms with E-state index in [-0.39, 0.29) is 0 Å². The number of rotatable bonds is 7. The van der Waals surface area contributed by atoms with Crippen LogP contribution in [0.2, 0.25) is 0 Å². The van der Waals surface area contributed by atoms with Crippen molar-refractivity contribution in [1.29, 1.82) is 0 Å². The third-order valence-electron chi connectivity index (χ3n) is 4.57. The number of hydrogen-bond acceptors (Lipinski definition) is 4. The summed E-state index contributed by atoms with van der Waals surface area (Å²) in [6, 6.07) is 0. The summed E-state index contributed by atoms with van der Waals surface area (Å²) >= 11 is 1.80. The van der Waals surface area contributed by atoms with Crippen LogP contribution in [0.15, 0.2) is 4.99 Å². The number of nitrogens with zero attached hydrogens (tertiary/aromatic N) is 3. The van der Waals surface area contributed by atoms with E-state index in [1.807, 2.05) is 7.05 Å². The first kappa shape index (κ1) is 19.2. The van der Waals surface area contributed by atoms with Gasteiger partial charge in [-0.3, -0.25) is 4.99 Å². The highest BCUT2D eigenvalue weighted by Crippen LogP contribution is 2.16. The van der Waals surface area contributed by atoms with Crippen molar-refractivity contribution in [1.82, 2.24) is 20.5 Å². The number of nitrogens with one attached hydrogen (secondary N) is 2. The molecule has 1 fully saturated rings. The Kier molecular flexibility index (Phi) is 8.53. The molecule has 6 heteroatoms. The highest BCUT2D eigenvalue weighted by molar-refractivity contribution is 7.11. The Hall–Kier alpha value is -1.14. The smallest absolute Gasteiger partial charge is 0.190 e. The van der Waals surface area contributed by atoms with Crippen molar-refractivity contribution in [3.63, 3.8) is 0 Å². The lowest BCUT2D eigenvalue weighted by molar-refractivity contribution is 0.282. The topological polar surface area (TPSA) is 52.6 Å². The third-order valence-corrected chi connectivity index (χ3v) is 5.70. The Bertz CT molecular complexity index is 484. The Morgan fingerprint density at radius 3 is 2.46 bits per heavy atom. The largest absolute Gasteiger partial charge is 0.356 e. The Morgan fingerprint density at radius 1 is 1.12 bits per heavy atom. The number of aliphatic imine (C=N–C) groups is 1. The van der Waals surface area contributed by atoms with Gasteiger partial charge in [0, 0.05) is 31.4 Å². The summed E-state index contributed by atoms with van der Waals surface area (Å²) in [6.45, 7) is 9.81. The van der Waals surface area contributed by atoms with Crippen molar-refractivity contribution >= 4 is 17.3 Å². The van der Waals surface area contributed by atoms with Gasteiger partial charge in [0.15, 0.2) is 5.96 Å². The van der Waals surface area contributed by atoms with Crippen molar-refractivity contribution in [2.24, 2.45) is 4.99 Å². The van der Waals surface area contributed by atoms with E-state index < -0.39 is 0 Å². The average Bonchev–Trinajstić information content (AvgIpc) is 2.78. The van der Waals surface area contributed by atoms with Crippen molar-refractivity contribution in [3.8, 4) is 0 Å². The van der Waals surface area contributed by atoms with Gasteiger partial charge < -0.3 is 15.5 Å². The molecule has 1 saturated heterocycles. The number of likely N-dealkylation sites (tertiary alicyclic amines) is 1. The van der Waals surface area contributed by atoms with Crippen LogP contribution in [0.5, 0.6) is 0 Å². The Balaban J connectivity index is 1.58.